The Labute approximate surface area is 637 Å². The Hall–Kier alpha value is -2.52. The van der Waals surface area contributed by atoms with Gasteiger partial charge in [-0.1, -0.05) is 69.2 Å². The molecule has 0 spiro atoms. The molecule has 6 aliphatic heterocycles. The van der Waals surface area contributed by atoms with Crippen molar-refractivity contribution in [3.8, 4) is 0 Å². The van der Waals surface area contributed by atoms with E-state index in [9.17, 15) is 40.2 Å². The van der Waals surface area contributed by atoms with Gasteiger partial charge in [-0.15, -0.1) is 0 Å². The van der Waals surface area contributed by atoms with E-state index < -0.39 is 167 Å². The lowest BCUT2D eigenvalue weighted by Gasteiger charge is -2.50. The zero-order valence-electron chi connectivity index (χ0n) is 71.0. The monoisotopic (exact) mass is 1520 g/mol. The van der Waals surface area contributed by atoms with Crippen LogP contribution in [0.1, 0.15) is 204 Å². The third-order valence-electron chi connectivity index (χ3n) is 25.9. The lowest BCUT2D eigenvalue weighted by molar-refractivity contribution is -0.316. The van der Waals surface area contributed by atoms with Gasteiger partial charge in [-0.05, 0) is 162 Å². The first kappa shape index (κ1) is 94.1. The average Bonchev–Trinajstić information content (AvgIpc) is 0.783. The first-order valence-corrected chi connectivity index (χ1v) is 39.3. The number of aliphatic imine (C=N–C) groups is 2. The van der Waals surface area contributed by atoms with Crippen molar-refractivity contribution in [1.82, 2.24) is 9.80 Å². The number of carbonyl (C=O) groups is 2. The molecule has 0 bridgehead atoms. The molecular weight excluding hydrogens is 1370 g/mol. The van der Waals surface area contributed by atoms with Crippen molar-refractivity contribution in [3.63, 3.8) is 0 Å². The van der Waals surface area contributed by atoms with Crippen LogP contribution in [0.2, 0.25) is 0 Å². The Morgan fingerprint density at radius 2 is 0.774 bits per heavy atom. The smallest absolute Gasteiger partial charge is 0.311 e. The highest BCUT2D eigenvalue weighted by Crippen LogP contribution is 2.46. The topological polar surface area (TPSA) is 316 Å². The van der Waals surface area contributed by atoms with Crippen LogP contribution in [0.5, 0.6) is 0 Å². The minimum absolute atomic E-state index is 0.0295. The molecule has 6 saturated heterocycles. The molecule has 106 heavy (non-hydrogen) atoms. The lowest BCUT2D eigenvalue weighted by atomic mass is 9.73. The summed E-state index contributed by atoms with van der Waals surface area (Å²) in [5.41, 5.74) is -6.68. The third kappa shape index (κ3) is 21.3. The van der Waals surface area contributed by atoms with E-state index >= 15 is 0 Å². The summed E-state index contributed by atoms with van der Waals surface area (Å²) < 4.78 is 89.6. The van der Waals surface area contributed by atoms with Crippen LogP contribution in [0.4, 0.5) is 0 Å². The lowest BCUT2D eigenvalue weighted by Crippen LogP contribution is -2.61. The Morgan fingerprint density at radius 3 is 1.04 bits per heavy atom. The summed E-state index contributed by atoms with van der Waals surface area (Å²) in [6.45, 7) is 40.9. The second-order valence-corrected chi connectivity index (χ2v) is 34.5. The van der Waals surface area contributed by atoms with Gasteiger partial charge >= 0.3 is 11.9 Å². The normalized spacial score (nSPS) is 49.1. The summed E-state index contributed by atoms with van der Waals surface area (Å²) in [7, 11) is 17.9. The zero-order valence-corrected chi connectivity index (χ0v) is 71.0. The molecule has 6 rings (SSSR count). The number of rotatable bonds is 16. The van der Waals surface area contributed by atoms with Crippen molar-refractivity contribution in [2.24, 2.45) is 69.2 Å². The van der Waals surface area contributed by atoms with Gasteiger partial charge in [-0.2, -0.15) is 0 Å². The summed E-state index contributed by atoms with van der Waals surface area (Å²) in [4.78, 5) is 41.9. The molecule has 0 aromatic heterocycles. The molecular formula is C80H148N4O22. The summed E-state index contributed by atoms with van der Waals surface area (Å²) in [5, 5.41) is 72.4. The third-order valence-corrected chi connectivity index (χ3v) is 25.9. The van der Waals surface area contributed by atoms with Crippen molar-refractivity contribution >= 4 is 23.4 Å². The molecule has 0 aromatic rings. The first-order chi connectivity index (χ1) is 49.0. The molecule has 620 valence electrons. The van der Waals surface area contributed by atoms with E-state index in [0.717, 1.165) is 12.8 Å². The van der Waals surface area contributed by atoms with Crippen LogP contribution in [0, 0.1) is 59.2 Å². The van der Waals surface area contributed by atoms with Gasteiger partial charge in [0.1, 0.15) is 35.6 Å². The molecule has 6 fully saturated rings. The fourth-order valence-electron chi connectivity index (χ4n) is 18.5. The number of esters is 2. The number of aliphatic hydroxyl groups is 6. The fraction of sp³-hybridized carbons (Fsp3) is 0.950. The van der Waals surface area contributed by atoms with Crippen molar-refractivity contribution in [1.29, 1.82) is 0 Å². The molecule has 6 aliphatic rings. The molecule has 0 aliphatic carbocycles. The molecule has 0 saturated carbocycles. The number of likely N-dealkylation sites (N-methyl/N-ethyl adjacent to an activating group) is 2. The average molecular weight is 1520 g/mol. The molecule has 36 atom stereocenters. The van der Waals surface area contributed by atoms with Crippen LogP contribution in [0.15, 0.2) is 9.98 Å². The second-order valence-electron chi connectivity index (χ2n) is 34.5. The van der Waals surface area contributed by atoms with Crippen LogP contribution in [-0.2, 0) is 75.9 Å². The van der Waals surface area contributed by atoms with E-state index in [-0.39, 0.29) is 85.9 Å². The first-order valence-electron chi connectivity index (χ1n) is 39.3. The number of methoxy groups -OCH3 is 4. The molecule has 6 heterocycles. The Morgan fingerprint density at radius 1 is 0.462 bits per heavy atom. The number of cyclic esters (lactones) is 2. The van der Waals surface area contributed by atoms with Gasteiger partial charge in [0.15, 0.2) is 25.2 Å². The predicted octanol–water partition coefficient (Wildman–Crippen LogP) is 8.43. The number of nitrogens with zero attached hydrogens (tertiary/aromatic N) is 4. The molecule has 0 aromatic carbocycles. The maximum Gasteiger partial charge on any atom is 0.311 e. The maximum atomic E-state index is 14.3. The van der Waals surface area contributed by atoms with Crippen LogP contribution in [0.3, 0.4) is 0 Å². The van der Waals surface area contributed by atoms with E-state index in [1.165, 1.54) is 13.8 Å². The zero-order chi connectivity index (χ0) is 80.8. The summed E-state index contributed by atoms with van der Waals surface area (Å²) in [6.07, 6.45) is -10.4. The number of carbonyl (C=O) groups excluding carboxylic acids is 2. The maximum absolute atomic E-state index is 14.3. The van der Waals surface area contributed by atoms with Gasteiger partial charge in [-0.3, -0.25) is 19.6 Å². The van der Waals surface area contributed by atoms with Gasteiger partial charge in [0, 0.05) is 114 Å². The van der Waals surface area contributed by atoms with Crippen molar-refractivity contribution in [3.05, 3.63) is 0 Å². The summed E-state index contributed by atoms with van der Waals surface area (Å²) >= 11 is 0. The van der Waals surface area contributed by atoms with E-state index in [4.69, 9.17) is 66.3 Å². The van der Waals surface area contributed by atoms with E-state index in [0.29, 0.717) is 24.3 Å². The van der Waals surface area contributed by atoms with Crippen LogP contribution >= 0.6 is 0 Å². The van der Waals surface area contributed by atoms with Gasteiger partial charge in [-0.25, -0.2) is 0 Å². The van der Waals surface area contributed by atoms with E-state index in [1.807, 2.05) is 97.4 Å². The minimum Gasteiger partial charge on any atom is -0.459 e. The van der Waals surface area contributed by atoms with Gasteiger partial charge in [0.25, 0.3) is 0 Å². The SMILES string of the molecule is CC[C@H]1OC(=O)[C@H](C)[C@@H](O[C@H]2C[C@@](C)(OC)[C@@H](C)[C@H](C)O2)[C@H](C)[C@@H](O[C@@H]2O[C@H](C)C[C@H](N(C)C)[C@H]2OC)[C@](C)(O)C[C@@H](C)C(=NC)[C@H](C)[C@@H](O)[C@]1(C)O.CC[C@H]1OC(=O)[C@H](C)[C@@H](O[C@H]2C[C@@](C)(OC)[C@@H](C)[C@H](C)O2)[C@H](C)[C@@H](O[C@@H]2O[C@H](C)C[C@H](N(C)C)[C@H]2OC)[C@](C)(O)C[C@@H](C)C(=NC)[C@H](C)[C@@H](O)[C@]1(C)O. The van der Waals surface area contributed by atoms with Crippen LogP contribution < -0.4 is 0 Å². The number of ether oxygens (including phenoxy) is 14. The second kappa shape index (κ2) is 38.5. The standard InChI is InChI=1S/2C40H74N2O11/c2*1-17-29-40(11,46)34(43)23(4)31(41-12)21(2)19-38(9,45)35(53-37-33(47-15)28(42(13)14)18-22(3)49-37)24(5)32(25(6)36(44)51-29)52-30-20-39(10,48-16)26(7)27(8)50-30/h2*21-30,32-35,37,43,45-46H,17-20H2,1-16H3/t2*21-,22-,23+,24+,25-,26+,27+,28+,29-,30+,32+,33-,34-,35-,37+,38-,39-,40-/m11/s1. The molecule has 26 heteroatoms. The highest BCUT2D eigenvalue weighted by molar-refractivity contribution is 5.89. The molecule has 26 nitrogen and oxygen atoms in total. The van der Waals surface area contributed by atoms with Gasteiger partial charge in [0.05, 0.1) is 95.3 Å². The van der Waals surface area contributed by atoms with Crippen LogP contribution in [0.25, 0.3) is 0 Å². The highest BCUT2D eigenvalue weighted by atomic mass is 16.7. The van der Waals surface area contributed by atoms with E-state index in [2.05, 4.69) is 33.6 Å². The number of hydrogen-bond donors (Lipinski definition) is 6. The molecule has 0 unspecified atom stereocenters. The number of aliphatic hydroxyl groups excluding tert-OH is 2. The fourth-order valence-corrected chi connectivity index (χ4v) is 18.5. The molecule has 0 radical (unpaired) electrons. The van der Waals surface area contributed by atoms with Crippen LogP contribution in [-0.4, -0.2) is 291 Å². The minimum atomic E-state index is -1.81. The number of hydrogen-bond acceptors (Lipinski definition) is 26. The largest absolute Gasteiger partial charge is 0.459 e. The summed E-state index contributed by atoms with van der Waals surface area (Å²) in [5.74, 6) is -6.28. The Kier molecular flexibility index (Phi) is 34.2. The Bertz CT molecular complexity index is 2610. The molecule has 0 amide bonds. The van der Waals surface area contributed by atoms with Crippen molar-refractivity contribution in [2.45, 2.75) is 360 Å². The van der Waals surface area contributed by atoms with Gasteiger partial charge in [0.2, 0.25) is 0 Å². The Balaban J connectivity index is 0.000000381. The quantitative estimate of drug-likeness (QED) is 0.0789. The predicted molar refractivity (Wildman–Crippen MR) is 405 cm³/mol. The summed E-state index contributed by atoms with van der Waals surface area (Å²) in [6, 6.07) is -0.0590. The molecule has 6 N–H and O–H groups in total. The van der Waals surface area contributed by atoms with E-state index in [1.54, 1.807) is 97.9 Å². The van der Waals surface area contributed by atoms with Gasteiger partial charge < -0.3 is 107 Å². The van der Waals surface area contributed by atoms with Crippen molar-refractivity contribution in [2.75, 3.05) is 70.7 Å². The van der Waals surface area contributed by atoms with Crippen molar-refractivity contribution < 1.29 is 107 Å². The highest BCUT2D eigenvalue weighted by Gasteiger charge is 2.57.